The van der Waals surface area contributed by atoms with Crippen LogP contribution in [-0.4, -0.2) is 25.5 Å². The van der Waals surface area contributed by atoms with Crippen LogP contribution in [0.15, 0.2) is 23.1 Å². The Morgan fingerprint density at radius 3 is 2.65 bits per heavy atom. The molecule has 1 aliphatic carbocycles. The van der Waals surface area contributed by atoms with Crippen LogP contribution in [0.3, 0.4) is 0 Å². The molecule has 0 spiro atoms. The number of sulfonamides is 1. The zero-order valence-electron chi connectivity index (χ0n) is 11.2. The van der Waals surface area contributed by atoms with Gasteiger partial charge in [-0.15, -0.1) is 0 Å². The molecule has 1 fully saturated rings. The molecule has 2 rings (SSSR count). The summed E-state index contributed by atoms with van der Waals surface area (Å²) in [7, 11) is -3.86. The van der Waals surface area contributed by atoms with Crippen molar-refractivity contribution in [2.24, 2.45) is 5.92 Å². The summed E-state index contributed by atoms with van der Waals surface area (Å²) in [4.78, 5) is 10.9. The van der Waals surface area contributed by atoms with Crippen LogP contribution in [0.2, 0.25) is 0 Å². The van der Waals surface area contributed by atoms with Crippen molar-refractivity contribution < 1.29 is 18.3 Å². The molecule has 1 aromatic rings. The lowest BCUT2D eigenvalue weighted by atomic mass is 10.1. The minimum Gasteiger partial charge on any atom is -0.478 e. The molecule has 7 heteroatoms. The molecular weight excluding hydrogens is 280 g/mol. The number of hydrogen-bond donors (Lipinski definition) is 3. The Morgan fingerprint density at radius 2 is 2.10 bits per heavy atom. The molecule has 110 valence electrons. The number of aromatic carboxylic acids is 1. The van der Waals surface area contributed by atoms with E-state index in [0.29, 0.717) is 0 Å². The number of hydrogen-bond acceptors (Lipinski definition) is 4. The standard InChI is InChI=1S/C13H18N2O4S/c1-8-3-2-4-11(8)15-20(18,19)12-6-5-9(14)7-10(12)13(16)17/h5-8,11,15H,2-4,14H2,1H3,(H,16,17). The first-order valence-electron chi connectivity index (χ1n) is 6.46. The fourth-order valence-electron chi connectivity index (χ4n) is 2.53. The molecular formula is C13H18N2O4S. The van der Waals surface area contributed by atoms with Gasteiger partial charge < -0.3 is 10.8 Å². The first-order valence-corrected chi connectivity index (χ1v) is 7.95. The summed E-state index contributed by atoms with van der Waals surface area (Å²) in [6.45, 7) is 1.99. The molecule has 4 N–H and O–H groups in total. The zero-order valence-corrected chi connectivity index (χ0v) is 12.0. The smallest absolute Gasteiger partial charge is 0.337 e. The molecule has 0 heterocycles. The Balaban J connectivity index is 2.36. The lowest BCUT2D eigenvalue weighted by Gasteiger charge is -2.18. The van der Waals surface area contributed by atoms with Crippen molar-refractivity contribution >= 4 is 21.7 Å². The van der Waals surface area contributed by atoms with E-state index in [4.69, 9.17) is 10.8 Å². The lowest BCUT2D eigenvalue weighted by Crippen LogP contribution is -2.37. The van der Waals surface area contributed by atoms with Gasteiger partial charge in [-0.3, -0.25) is 0 Å². The van der Waals surface area contributed by atoms with Crippen LogP contribution < -0.4 is 10.5 Å². The van der Waals surface area contributed by atoms with Crippen LogP contribution in [0, 0.1) is 5.92 Å². The second-order valence-corrected chi connectivity index (χ2v) is 6.88. The largest absolute Gasteiger partial charge is 0.478 e. The van der Waals surface area contributed by atoms with Crippen LogP contribution in [0.1, 0.15) is 36.5 Å². The predicted octanol–water partition coefficient (Wildman–Crippen LogP) is 1.43. The maximum absolute atomic E-state index is 12.4. The summed E-state index contributed by atoms with van der Waals surface area (Å²) in [5, 5.41) is 9.12. The van der Waals surface area contributed by atoms with Gasteiger partial charge in [0.1, 0.15) is 0 Å². The highest BCUT2D eigenvalue weighted by molar-refractivity contribution is 7.89. The molecule has 2 unspecified atom stereocenters. The number of carboxylic acid groups (broad SMARTS) is 1. The molecule has 20 heavy (non-hydrogen) atoms. The Labute approximate surface area is 118 Å². The number of rotatable bonds is 4. The maximum Gasteiger partial charge on any atom is 0.337 e. The molecule has 0 amide bonds. The van der Waals surface area contributed by atoms with Gasteiger partial charge in [-0.05, 0) is 37.0 Å². The van der Waals surface area contributed by atoms with Crippen molar-refractivity contribution in [2.45, 2.75) is 37.1 Å². The third-order valence-electron chi connectivity index (χ3n) is 3.69. The van der Waals surface area contributed by atoms with Crippen LogP contribution in [0.5, 0.6) is 0 Å². The van der Waals surface area contributed by atoms with Gasteiger partial charge in [0.2, 0.25) is 10.0 Å². The fourth-order valence-corrected chi connectivity index (χ4v) is 4.09. The Kier molecular flexibility index (Phi) is 4.01. The molecule has 0 aliphatic heterocycles. The topological polar surface area (TPSA) is 109 Å². The van der Waals surface area contributed by atoms with Gasteiger partial charge in [0.15, 0.2) is 0 Å². The van der Waals surface area contributed by atoms with E-state index in [9.17, 15) is 13.2 Å². The van der Waals surface area contributed by atoms with Crippen molar-refractivity contribution in [3.05, 3.63) is 23.8 Å². The quantitative estimate of drug-likeness (QED) is 0.728. The van der Waals surface area contributed by atoms with Crippen molar-refractivity contribution in [1.29, 1.82) is 0 Å². The van der Waals surface area contributed by atoms with E-state index >= 15 is 0 Å². The molecule has 0 radical (unpaired) electrons. The van der Waals surface area contributed by atoms with Crippen LogP contribution in [-0.2, 0) is 10.0 Å². The highest BCUT2D eigenvalue weighted by Gasteiger charge is 2.30. The number of carboxylic acids is 1. The number of nitrogen functional groups attached to an aromatic ring is 1. The lowest BCUT2D eigenvalue weighted by molar-refractivity contribution is 0.0692. The van der Waals surface area contributed by atoms with Crippen molar-refractivity contribution in [2.75, 3.05) is 5.73 Å². The molecule has 2 atom stereocenters. The number of nitrogens with one attached hydrogen (secondary N) is 1. The van der Waals surface area contributed by atoms with Gasteiger partial charge in [-0.25, -0.2) is 17.9 Å². The van der Waals surface area contributed by atoms with Gasteiger partial charge in [0, 0.05) is 11.7 Å². The van der Waals surface area contributed by atoms with Gasteiger partial charge in [0.25, 0.3) is 0 Å². The molecule has 1 aromatic carbocycles. The zero-order chi connectivity index (χ0) is 14.9. The molecule has 1 saturated carbocycles. The summed E-state index contributed by atoms with van der Waals surface area (Å²) in [5.41, 5.74) is 5.43. The summed E-state index contributed by atoms with van der Waals surface area (Å²) in [5.74, 6) is -1.05. The highest BCUT2D eigenvalue weighted by Crippen LogP contribution is 2.27. The third-order valence-corrected chi connectivity index (χ3v) is 5.24. The van der Waals surface area contributed by atoms with E-state index in [1.165, 1.54) is 12.1 Å². The van der Waals surface area contributed by atoms with E-state index in [2.05, 4.69) is 4.72 Å². The first kappa shape index (κ1) is 14.8. The number of benzene rings is 1. The average Bonchev–Trinajstić information content (AvgIpc) is 2.74. The Bertz CT molecular complexity index is 627. The van der Waals surface area contributed by atoms with Gasteiger partial charge >= 0.3 is 5.97 Å². The fraction of sp³-hybridized carbons (Fsp3) is 0.462. The number of carbonyl (C=O) groups is 1. The van der Waals surface area contributed by atoms with E-state index in [0.717, 1.165) is 25.3 Å². The third kappa shape index (κ3) is 2.94. The second-order valence-electron chi connectivity index (χ2n) is 5.20. The van der Waals surface area contributed by atoms with E-state index in [1.54, 1.807) is 0 Å². The Hall–Kier alpha value is -1.60. The van der Waals surface area contributed by atoms with E-state index in [1.807, 2.05) is 6.92 Å². The summed E-state index contributed by atoms with van der Waals surface area (Å²) < 4.78 is 27.3. The predicted molar refractivity (Wildman–Crippen MR) is 74.9 cm³/mol. The summed E-state index contributed by atoms with van der Waals surface area (Å²) in [6.07, 6.45) is 2.72. The number of anilines is 1. The Morgan fingerprint density at radius 1 is 1.40 bits per heavy atom. The normalized spacial score (nSPS) is 22.9. The average molecular weight is 298 g/mol. The monoisotopic (exact) mass is 298 g/mol. The molecule has 6 nitrogen and oxygen atoms in total. The first-order chi connectivity index (χ1) is 9.31. The van der Waals surface area contributed by atoms with Crippen LogP contribution >= 0.6 is 0 Å². The summed E-state index contributed by atoms with van der Waals surface area (Å²) in [6, 6.07) is 3.65. The van der Waals surface area contributed by atoms with Crippen molar-refractivity contribution in [3.63, 3.8) is 0 Å². The molecule has 0 bridgehead atoms. The van der Waals surface area contributed by atoms with Crippen LogP contribution in [0.25, 0.3) is 0 Å². The van der Waals surface area contributed by atoms with E-state index < -0.39 is 16.0 Å². The maximum atomic E-state index is 12.4. The SMILES string of the molecule is CC1CCCC1NS(=O)(=O)c1ccc(N)cc1C(=O)O. The van der Waals surface area contributed by atoms with Crippen LogP contribution in [0.4, 0.5) is 5.69 Å². The van der Waals surface area contributed by atoms with E-state index in [-0.39, 0.29) is 28.1 Å². The molecule has 0 saturated heterocycles. The minimum atomic E-state index is -3.86. The minimum absolute atomic E-state index is 0.140. The molecule has 0 aromatic heterocycles. The van der Waals surface area contributed by atoms with Gasteiger partial charge in [-0.2, -0.15) is 0 Å². The highest BCUT2D eigenvalue weighted by atomic mass is 32.2. The second kappa shape index (κ2) is 5.41. The number of nitrogens with two attached hydrogens (primary N) is 1. The van der Waals surface area contributed by atoms with Gasteiger partial charge in [-0.1, -0.05) is 13.3 Å². The van der Waals surface area contributed by atoms with Gasteiger partial charge in [0.05, 0.1) is 10.5 Å². The summed E-state index contributed by atoms with van der Waals surface area (Å²) >= 11 is 0. The molecule has 1 aliphatic rings. The van der Waals surface area contributed by atoms with Crippen molar-refractivity contribution in [1.82, 2.24) is 4.72 Å². The van der Waals surface area contributed by atoms with Crippen molar-refractivity contribution in [3.8, 4) is 0 Å².